The normalized spacial score (nSPS) is 14.2. The van der Waals surface area contributed by atoms with Crippen LogP contribution in [0.1, 0.15) is 11.4 Å². The van der Waals surface area contributed by atoms with Crippen LogP contribution in [-0.2, 0) is 11.3 Å². The standard InChI is InChI=1S/C18H22FN5O2/c1-13-11-14(2)24(21-13)8-7-20-17(25)12-22-9-10-23(18(22)26)16-6-4-3-5-15(16)19/h3-6,11H,7-10,12H2,1-2H3,(H,20,25). The maximum atomic E-state index is 13.9. The van der Waals surface area contributed by atoms with Crippen molar-refractivity contribution >= 4 is 17.6 Å². The molecule has 0 radical (unpaired) electrons. The molecule has 0 atom stereocenters. The first-order chi connectivity index (χ1) is 12.5. The maximum Gasteiger partial charge on any atom is 0.325 e. The third-order valence-electron chi connectivity index (χ3n) is 4.32. The SMILES string of the molecule is Cc1cc(C)n(CCNC(=O)CN2CCN(c3ccccc3F)C2=O)n1. The number of halogens is 1. The Morgan fingerprint density at radius 3 is 2.73 bits per heavy atom. The second kappa shape index (κ2) is 7.55. The maximum absolute atomic E-state index is 13.9. The summed E-state index contributed by atoms with van der Waals surface area (Å²) in [5, 5.41) is 7.13. The van der Waals surface area contributed by atoms with Crippen molar-refractivity contribution in [3.05, 3.63) is 47.5 Å². The Balaban J connectivity index is 1.50. The molecule has 1 aliphatic rings. The highest BCUT2D eigenvalue weighted by molar-refractivity contribution is 5.96. The Morgan fingerprint density at radius 2 is 2.04 bits per heavy atom. The minimum absolute atomic E-state index is 0.0408. The van der Waals surface area contributed by atoms with Gasteiger partial charge in [-0.2, -0.15) is 5.10 Å². The number of carbonyl (C=O) groups is 2. The highest BCUT2D eigenvalue weighted by atomic mass is 19.1. The van der Waals surface area contributed by atoms with Gasteiger partial charge in [0.05, 0.1) is 17.9 Å². The Hall–Kier alpha value is -2.90. The van der Waals surface area contributed by atoms with E-state index in [9.17, 15) is 14.0 Å². The van der Waals surface area contributed by atoms with Crippen molar-refractivity contribution in [1.82, 2.24) is 20.0 Å². The number of hydrogen-bond donors (Lipinski definition) is 1. The van der Waals surface area contributed by atoms with E-state index in [2.05, 4.69) is 10.4 Å². The molecular weight excluding hydrogens is 337 g/mol. The number of hydrogen-bond acceptors (Lipinski definition) is 3. The van der Waals surface area contributed by atoms with Gasteiger partial charge in [-0.3, -0.25) is 14.4 Å². The average Bonchev–Trinajstić information content (AvgIpc) is 3.10. The fraction of sp³-hybridized carbons (Fsp3) is 0.389. The van der Waals surface area contributed by atoms with Gasteiger partial charge in [-0.05, 0) is 32.0 Å². The van der Waals surface area contributed by atoms with Crippen LogP contribution in [0.5, 0.6) is 0 Å². The molecule has 138 valence electrons. The van der Waals surface area contributed by atoms with Gasteiger partial charge in [-0.1, -0.05) is 12.1 Å². The van der Waals surface area contributed by atoms with Gasteiger partial charge < -0.3 is 10.2 Å². The van der Waals surface area contributed by atoms with E-state index in [0.29, 0.717) is 26.2 Å². The van der Waals surface area contributed by atoms with Crippen LogP contribution in [0.4, 0.5) is 14.9 Å². The number of nitrogens with zero attached hydrogens (tertiary/aromatic N) is 4. The summed E-state index contributed by atoms with van der Waals surface area (Å²) in [5.74, 6) is -0.688. The summed E-state index contributed by atoms with van der Waals surface area (Å²) in [6, 6.07) is 7.75. The molecule has 8 heteroatoms. The number of para-hydroxylation sites is 1. The van der Waals surface area contributed by atoms with E-state index in [1.165, 1.54) is 15.9 Å². The molecule has 2 heterocycles. The molecular formula is C18H22FN5O2. The molecule has 0 saturated carbocycles. The van der Waals surface area contributed by atoms with Gasteiger partial charge in [-0.25, -0.2) is 9.18 Å². The molecule has 3 rings (SSSR count). The van der Waals surface area contributed by atoms with Crippen molar-refractivity contribution in [1.29, 1.82) is 0 Å². The lowest BCUT2D eigenvalue weighted by molar-refractivity contribution is -0.121. The Morgan fingerprint density at radius 1 is 1.27 bits per heavy atom. The lowest BCUT2D eigenvalue weighted by atomic mass is 10.3. The molecule has 1 aromatic carbocycles. The summed E-state index contributed by atoms with van der Waals surface area (Å²) in [6.07, 6.45) is 0. The zero-order valence-corrected chi connectivity index (χ0v) is 14.9. The van der Waals surface area contributed by atoms with Gasteiger partial charge in [0, 0.05) is 25.3 Å². The van der Waals surface area contributed by atoms with Crippen molar-refractivity contribution in [3.63, 3.8) is 0 Å². The monoisotopic (exact) mass is 359 g/mol. The number of anilines is 1. The van der Waals surface area contributed by atoms with Gasteiger partial charge in [0.15, 0.2) is 0 Å². The van der Waals surface area contributed by atoms with Gasteiger partial charge in [0.1, 0.15) is 12.4 Å². The Bertz CT molecular complexity index is 820. The van der Waals surface area contributed by atoms with E-state index in [4.69, 9.17) is 0 Å². The molecule has 7 nitrogen and oxygen atoms in total. The number of benzene rings is 1. The van der Waals surface area contributed by atoms with Crippen LogP contribution >= 0.6 is 0 Å². The van der Waals surface area contributed by atoms with Crippen molar-refractivity contribution < 1.29 is 14.0 Å². The highest BCUT2D eigenvalue weighted by Gasteiger charge is 2.32. The van der Waals surface area contributed by atoms with Crippen molar-refractivity contribution in [3.8, 4) is 0 Å². The third kappa shape index (κ3) is 3.84. The number of nitrogens with one attached hydrogen (secondary N) is 1. The van der Waals surface area contributed by atoms with Gasteiger partial charge in [-0.15, -0.1) is 0 Å². The summed E-state index contributed by atoms with van der Waals surface area (Å²) < 4.78 is 15.7. The average molecular weight is 359 g/mol. The molecule has 1 N–H and O–H groups in total. The summed E-state index contributed by atoms with van der Waals surface area (Å²) in [4.78, 5) is 27.3. The zero-order chi connectivity index (χ0) is 18.7. The van der Waals surface area contributed by atoms with E-state index in [0.717, 1.165) is 11.4 Å². The number of rotatable bonds is 6. The third-order valence-corrected chi connectivity index (χ3v) is 4.32. The van der Waals surface area contributed by atoms with E-state index < -0.39 is 5.82 Å². The topological polar surface area (TPSA) is 70.5 Å². The molecule has 3 amide bonds. The largest absolute Gasteiger partial charge is 0.353 e. The van der Waals surface area contributed by atoms with Crippen molar-refractivity contribution in [2.75, 3.05) is 31.1 Å². The van der Waals surface area contributed by atoms with Crippen molar-refractivity contribution in [2.24, 2.45) is 0 Å². The lowest BCUT2D eigenvalue weighted by Crippen LogP contribution is -2.41. The fourth-order valence-corrected chi connectivity index (χ4v) is 3.06. The van der Waals surface area contributed by atoms with E-state index in [1.807, 2.05) is 24.6 Å². The first kappa shape index (κ1) is 17.9. The highest BCUT2D eigenvalue weighted by Crippen LogP contribution is 2.23. The Kier molecular flexibility index (Phi) is 5.20. The van der Waals surface area contributed by atoms with E-state index >= 15 is 0 Å². The molecule has 2 aromatic rings. The number of carbonyl (C=O) groups excluding carboxylic acids is 2. The van der Waals surface area contributed by atoms with Crippen LogP contribution < -0.4 is 10.2 Å². The van der Waals surface area contributed by atoms with Gasteiger partial charge in [0.2, 0.25) is 5.91 Å². The predicted molar refractivity (Wildman–Crippen MR) is 95.4 cm³/mol. The second-order valence-corrected chi connectivity index (χ2v) is 6.31. The zero-order valence-electron chi connectivity index (χ0n) is 14.9. The molecule has 1 fully saturated rings. The van der Waals surface area contributed by atoms with Gasteiger partial charge >= 0.3 is 6.03 Å². The van der Waals surface area contributed by atoms with Crippen LogP contribution in [0, 0.1) is 19.7 Å². The Labute approximate surface area is 151 Å². The summed E-state index contributed by atoms with van der Waals surface area (Å²) in [5.41, 5.74) is 2.21. The molecule has 0 spiro atoms. The van der Waals surface area contributed by atoms with E-state index in [-0.39, 0.29) is 24.2 Å². The lowest BCUT2D eigenvalue weighted by Gasteiger charge is -2.18. The predicted octanol–water partition coefficient (Wildman–Crippen LogP) is 1.70. The molecule has 0 aliphatic carbocycles. The van der Waals surface area contributed by atoms with Gasteiger partial charge in [0.25, 0.3) is 0 Å². The number of urea groups is 1. The first-order valence-corrected chi connectivity index (χ1v) is 8.54. The summed E-state index contributed by atoms with van der Waals surface area (Å²) >= 11 is 0. The number of aryl methyl sites for hydroxylation is 2. The molecule has 1 saturated heterocycles. The molecule has 0 bridgehead atoms. The minimum atomic E-state index is -0.447. The first-order valence-electron chi connectivity index (χ1n) is 8.54. The van der Waals surface area contributed by atoms with Crippen LogP contribution in [0.15, 0.2) is 30.3 Å². The van der Waals surface area contributed by atoms with Crippen LogP contribution in [-0.4, -0.2) is 52.8 Å². The number of amides is 3. The quantitative estimate of drug-likeness (QED) is 0.853. The smallest absolute Gasteiger partial charge is 0.325 e. The van der Waals surface area contributed by atoms with E-state index in [1.54, 1.807) is 18.2 Å². The molecule has 1 aromatic heterocycles. The molecule has 26 heavy (non-hydrogen) atoms. The van der Waals surface area contributed by atoms with Crippen LogP contribution in [0.2, 0.25) is 0 Å². The summed E-state index contributed by atoms with van der Waals surface area (Å²) in [7, 11) is 0. The minimum Gasteiger partial charge on any atom is -0.353 e. The fourth-order valence-electron chi connectivity index (χ4n) is 3.06. The van der Waals surface area contributed by atoms with Crippen molar-refractivity contribution in [2.45, 2.75) is 20.4 Å². The van der Waals surface area contributed by atoms with Crippen LogP contribution in [0.3, 0.4) is 0 Å². The van der Waals surface area contributed by atoms with Crippen LogP contribution in [0.25, 0.3) is 0 Å². The number of aromatic nitrogens is 2. The second-order valence-electron chi connectivity index (χ2n) is 6.31. The summed E-state index contributed by atoms with van der Waals surface area (Å²) in [6.45, 7) is 5.59. The molecule has 0 unspecified atom stereocenters. The molecule has 1 aliphatic heterocycles.